The average Bonchev–Trinajstić information content (AvgIpc) is 2.79. The predicted octanol–water partition coefficient (Wildman–Crippen LogP) is 1.80. The lowest BCUT2D eigenvalue weighted by Gasteiger charge is -2.25. The molecule has 0 radical (unpaired) electrons. The molecule has 0 amide bonds. The highest BCUT2D eigenvalue weighted by molar-refractivity contribution is 5.65. The molecule has 0 bridgehead atoms. The van der Waals surface area contributed by atoms with E-state index in [-0.39, 0.29) is 18.3 Å². The van der Waals surface area contributed by atoms with E-state index in [1.165, 1.54) is 4.90 Å². The number of nitro groups is 1. The molecular formula is C11H13F2N3O2. The standard InChI is InChI=1S/C11H13F2N3O2/c12-8-3-4-9(16(17)18)11(10(8)13)15-5-1-2-7(15)6-14/h3-4,7H,1-2,5-6,14H2. The van der Waals surface area contributed by atoms with Crippen molar-refractivity contribution in [1.29, 1.82) is 0 Å². The summed E-state index contributed by atoms with van der Waals surface area (Å²) in [6.45, 7) is 0.705. The van der Waals surface area contributed by atoms with E-state index in [1.807, 2.05) is 0 Å². The summed E-state index contributed by atoms with van der Waals surface area (Å²) in [6.07, 6.45) is 1.48. The van der Waals surface area contributed by atoms with Gasteiger partial charge in [-0.05, 0) is 18.9 Å². The molecule has 1 heterocycles. The summed E-state index contributed by atoms with van der Waals surface area (Å²) in [6, 6.07) is 1.57. The predicted molar refractivity (Wildman–Crippen MR) is 62.4 cm³/mol. The van der Waals surface area contributed by atoms with Crippen molar-refractivity contribution in [2.45, 2.75) is 18.9 Å². The minimum Gasteiger partial charge on any atom is -0.359 e. The minimum atomic E-state index is -1.18. The van der Waals surface area contributed by atoms with Gasteiger partial charge in [-0.1, -0.05) is 0 Å². The number of halogens is 2. The first kappa shape index (κ1) is 12.7. The Hall–Kier alpha value is -1.76. The van der Waals surface area contributed by atoms with Crippen LogP contribution in [-0.4, -0.2) is 24.1 Å². The topological polar surface area (TPSA) is 72.4 Å². The first-order valence-corrected chi connectivity index (χ1v) is 5.65. The lowest BCUT2D eigenvalue weighted by atomic mass is 10.2. The van der Waals surface area contributed by atoms with Crippen LogP contribution >= 0.6 is 0 Å². The van der Waals surface area contributed by atoms with Crippen LogP contribution in [0.5, 0.6) is 0 Å². The van der Waals surface area contributed by atoms with E-state index < -0.39 is 22.2 Å². The molecule has 18 heavy (non-hydrogen) atoms. The van der Waals surface area contributed by atoms with Gasteiger partial charge in [0.15, 0.2) is 17.3 Å². The maximum Gasteiger partial charge on any atom is 0.295 e. The summed E-state index contributed by atoms with van der Waals surface area (Å²) in [7, 11) is 0. The average molecular weight is 257 g/mol. The summed E-state index contributed by atoms with van der Waals surface area (Å²) < 4.78 is 27.1. The van der Waals surface area contributed by atoms with Gasteiger partial charge in [0.25, 0.3) is 5.69 Å². The fourth-order valence-corrected chi connectivity index (χ4v) is 2.33. The minimum absolute atomic E-state index is 0.181. The van der Waals surface area contributed by atoms with Crippen LogP contribution in [0.25, 0.3) is 0 Å². The largest absolute Gasteiger partial charge is 0.359 e. The lowest BCUT2D eigenvalue weighted by Crippen LogP contribution is -2.36. The number of nitrogens with two attached hydrogens (primary N) is 1. The SMILES string of the molecule is NCC1CCCN1c1c([N+](=O)[O-])ccc(F)c1F. The lowest BCUT2D eigenvalue weighted by molar-refractivity contribution is -0.384. The highest BCUT2D eigenvalue weighted by Gasteiger charge is 2.33. The number of hydrogen-bond acceptors (Lipinski definition) is 4. The summed E-state index contributed by atoms with van der Waals surface area (Å²) in [5, 5.41) is 10.9. The molecule has 1 atom stereocenters. The summed E-state index contributed by atoms with van der Waals surface area (Å²) >= 11 is 0. The molecule has 1 aromatic rings. The van der Waals surface area contributed by atoms with Crippen LogP contribution in [0.4, 0.5) is 20.2 Å². The van der Waals surface area contributed by atoms with Crippen molar-refractivity contribution in [3.05, 3.63) is 33.9 Å². The van der Waals surface area contributed by atoms with Gasteiger partial charge in [0.05, 0.1) is 4.92 Å². The second-order valence-electron chi connectivity index (χ2n) is 4.21. The highest BCUT2D eigenvalue weighted by atomic mass is 19.2. The van der Waals surface area contributed by atoms with Gasteiger partial charge in [0.2, 0.25) is 0 Å². The van der Waals surface area contributed by atoms with Gasteiger partial charge in [-0.3, -0.25) is 10.1 Å². The normalized spacial score (nSPS) is 19.3. The molecule has 2 N–H and O–H groups in total. The monoisotopic (exact) mass is 257 g/mol. The van der Waals surface area contributed by atoms with E-state index in [9.17, 15) is 18.9 Å². The van der Waals surface area contributed by atoms with Crippen molar-refractivity contribution < 1.29 is 13.7 Å². The van der Waals surface area contributed by atoms with Crippen LogP contribution in [0.1, 0.15) is 12.8 Å². The van der Waals surface area contributed by atoms with Gasteiger partial charge in [0.1, 0.15) is 0 Å². The van der Waals surface area contributed by atoms with Crippen molar-refractivity contribution in [2.24, 2.45) is 5.73 Å². The Labute approximate surface area is 102 Å². The molecule has 0 saturated carbocycles. The molecule has 1 fully saturated rings. The Morgan fingerprint density at radius 1 is 1.50 bits per heavy atom. The second kappa shape index (κ2) is 4.85. The van der Waals surface area contributed by atoms with E-state index >= 15 is 0 Å². The number of nitro benzene ring substituents is 1. The summed E-state index contributed by atoms with van der Waals surface area (Å²) in [4.78, 5) is 11.7. The van der Waals surface area contributed by atoms with E-state index in [4.69, 9.17) is 5.73 Å². The molecule has 2 rings (SSSR count). The zero-order valence-corrected chi connectivity index (χ0v) is 9.60. The molecule has 0 spiro atoms. The van der Waals surface area contributed by atoms with Gasteiger partial charge >= 0.3 is 0 Å². The van der Waals surface area contributed by atoms with Crippen LogP contribution in [0.3, 0.4) is 0 Å². The number of hydrogen-bond donors (Lipinski definition) is 1. The smallest absolute Gasteiger partial charge is 0.295 e. The van der Waals surface area contributed by atoms with Gasteiger partial charge in [-0.2, -0.15) is 0 Å². The van der Waals surface area contributed by atoms with E-state index in [2.05, 4.69) is 0 Å². The highest BCUT2D eigenvalue weighted by Crippen LogP contribution is 2.36. The van der Waals surface area contributed by atoms with Crippen LogP contribution in [0, 0.1) is 21.7 Å². The summed E-state index contributed by atoms with van der Waals surface area (Å²) in [5.41, 5.74) is 4.84. The Morgan fingerprint density at radius 2 is 2.22 bits per heavy atom. The third-order valence-corrected chi connectivity index (χ3v) is 3.18. The third-order valence-electron chi connectivity index (χ3n) is 3.18. The molecule has 98 valence electrons. The van der Waals surface area contributed by atoms with Gasteiger partial charge < -0.3 is 10.6 Å². The van der Waals surface area contributed by atoms with Crippen molar-refractivity contribution in [1.82, 2.24) is 0 Å². The number of nitrogens with zero attached hydrogens (tertiary/aromatic N) is 2. The van der Waals surface area contributed by atoms with E-state index in [0.29, 0.717) is 6.54 Å². The quantitative estimate of drug-likeness (QED) is 0.662. The molecule has 7 heteroatoms. The molecular weight excluding hydrogens is 244 g/mol. The molecule has 1 saturated heterocycles. The van der Waals surface area contributed by atoms with Crippen LogP contribution < -0.4 is 10.6 Å². The maximum absolute atomic E-state index is 13.8. The number of benzene rings is 1. The third kappa shape index (κ3) is 2.01. The van der Waals surface area contributed by atoms with Gasteiger partial charge in [0, 0.05) is 25.2 Å². The van der Waals surface area contributed by atoms with Crippen LogP contribution in [0.15, 0.2) is 12.1 Å². The zero-order chi connectivity index (χ0) is 13.3. The van der Waals surface area contributed by atoms with E-state index in [0.717, 1.165) is 25.0 Å². The van der Waals surface area contributed by atoms with Gasteiger partial charge in [-0.25, -0.2) is 8.78 Å². The first-order chi connectivity index (χ1) is 8.56. The van der Waals surface area contributed by atoms with Crippen LogP contribution in [-0.2, 0) is 0 Å². The number of anilines is 1. The maximum atomic E-state index is 13.8. The zero-order valence-electron chi connectivity index (χ0n) is 9.60. The molecule has 1 aromatic carbocycles. The fourth-order valence-electron chi connectivity index (χ4n) is 2.33. The molecule has 1 aliphatic heterocycles. The van der Waals surface area contributed by atoms with Crippen molar-refractivity contribution in [3.63, 3.8) is 0 Å². The molecule has 0 aliphatic carbocycles. The Bertz CT molecular complexity index is 482. The number of rotatable bonds is 3. The molecule has 1 unspecified atom stereocenters. The van der Waals surface area contributed by atoms with Crippen molar-refractivity contribution in [3.8, 4) is 0 Å². The second-order valence-corrected chi connectivity index (χ2v) is 4.21. The van der Waals surface area contributed by atoms with Crippen molar-refractivity contribution >= 4 is 11.4 Å². The Kier molecular flexibility index (Phi) is 3.42. The summed E-state index contributed by atoms with van der Waals surface area (Å²) in [5.74, 6) is -2.26. The molecule has 0 aromatic heterocycles. The first-order valence-electron chi connectivity index (χ1n) is 5.65. The van der Waals surface area contributed by atoms with Crippen LogP contribution in [0.2, 0.25) is 0 Å². The Balaban J connectivity index is 2.53. The van der Waals surface area contributed by atoms with E-state index in [1.54, 1.807) is 0 Å². The Morgan fingerprint density at radius 3 is 2.83 bits per heavy atom. The van der Waals surface area contributed by atoms with Gasteiger partial charge in [-0.15, -0.1) is 0 Å². The fraction of sp³-hybridized carbons (Fsp3) is 0.455. The molecule has 5 nitrogen and oxygen atoms in total. The molecule has 1 aliphatic rings. The van der Waals surface area contributed by atoms with Crippen molar-refractivity contribution in [2.75, 3.05) is 18.0 Å².